The molecule has 0 aliphatic carbocycles. The Morgan fingerprint density at radius 2 is 2.00 bits per heavy atom. The number of hydrogen-bond donors (Lipinski definition) is 2. The zero-order valence-electron chi connectivity index (χ0n) is 18.5. The van der Waals surface area contributed by atoms with Gasteiger partial charge >= 0.3 is 0 Å². The highest BCUT2D eigenvalue weighted by molar-refractivity contribution is 7.18. The molecule has 3 aromatic heterocycles. The lowest BCUT2D eigenvalue weighted by atomic mass is 10.1. The van der Waals surface area contributed by atoms with Crippen LogP contribution in [0, 0.1) is 12.8 Å². The molecule has 2 N–H and O–H groups in total. The minimum atomic E-state index is -0.341. The highest BCUT2D eigenvalue weighted by Crippen LogP contribution is 2.33. The lowest BCUT2D eigenvalue weighted by molar-refractivity contribution is -0.116. The van der Waals surface area contributed by atoms with Crippen LogP contribution in [0.1, 0.15) is 29.8 Å². The number of thiophene rings is 2. The van der Waals surface area contributed by atoms with Gasteiger partial charge in [0.15, 0.2) is 0 Å². The minimum absolute atomic E-state index is 0.145. The maximum absolute atomic E-state index is 13.1. The summed E-state index contributed by atoms with van der Waals surface area (Å²) in [5, 5.41) is 10.1. The van der Waals surface area contributed by atoms with Gasteiger partial charge in [0, 0.05) is 33.6 Å². The average molecular weight is 481 g/mol. The van der Waals surface area contributed by atoms with Crippen LogP contribution in [0.4, 0.5) is 5.69 Å². The molecule has 0 bridgehead atoms. The third-order valence-electron chi connectivity index (χ3n) is 5.09. The first-order valence-electron chi connectivity index (χ1n) is 10.5. The number of aryl methyl sites for hydroxylation is 1. The van der Waals surface area contributed by atoms with Gasteiger partial charge in [0.05, 0.1) is 11.7 Å². The molecule has 0 aliphatic heterocycles. The molecular formula is C24H24N4O3S2. The van der Waals surface area contributed by atoms with Gasteiger partial charge in [0.25, 0.3) is 11.5 Å². The molecule has 170 valence electrons. The van der Waals surface area contributed by atoms with E-state index in [1.807, 2.05) is 43.7 Å². The van der Waals surface area contributed by atoms with E-state index >= 15 is 0 Å². The van der Waals surface area contributed by atoms with Crippen LogP contribution >= 0.6 is 22.7 Å². The fourth-order valence-electron chi connectivity index (χ4n) is 3.38. The van der Waals surface area contributed by atoms with Crippen molar-refractivity contribution in [2.24, 2.45) is 5.92 Å². The molecule has 0 spiro atoms. The van der Waals surface area contributed by atoms with E-state index in [-0.39, 0.29) is 23.9 Å². The van der Waals surface area contributed by atoms with E-state index in [9.17, 15) is 14.4 Å². The second kappa shape index (κ2) is 9.68. The van der Waals surface area contributed by atoms with Crippen molar-refractivity contribution in [3.63, 3.8) is 0 Å². The van der Waals surface area contributed by atoms with E-state index in [0.29, 0.717) is 33.9 Å². The third-order valence-corrected chi connectivity index (χ3v) is 6.88. The Labute approximate surface area is 199 Å². The summed E-state index contributed by atoms with van der Waals surface area (Å²) >= 11 is 2.97. The number of nitrogens with one attached hydrogen (secondary N) is 2. The number of fused-ring (bicyclic) bond motifs is 1. The standard InChI is InChI=1S/C24H24N4O3S2/c1-14(2)10-25-22(30)16-6-7-18(15(3)9-16)27-20(29)11-28-13-26-23-21(24(28)31)17(12-33-23)19-5-4-8-32-19/h4-9,12-14H,10-11H2,1-3H3,(H,25,30)(H,27,29). The first-order chi connectivity index (χ1) is 15.8. The Kier molecular flexibility index (Phi) is 6.71. The van der Waals surface area contributed by atoms with Crippen molar-refractivity contribution < 1.29 is 9.59 Å². The van der Waals surface area contributed by atoms with Crippen LogP contribution in [0.25, 0.3) is 20.7 Å². The molecule has 4 aromatic rings. The number of amides is 2. The summed E-state index contributed by atoms with van der Waals surface area (Å²) in [4.78, 5) is 44.1. The maximum Gasteiger partial charge on any atom is 0.263 e. The third kappa shape index (κ3) is 5.04. The first kappa shape index (κ1) is 22.9. The smallest absolute Gasteiger partial charge is 0.263 e. The molecule has 4 rings (SSSR count). The Morgan fingerprint density at radius 3 is 2.70 bits per heavy atom. The van der Waals surface area contributed by atoms with E-state index < -0.39 is 0 Å². The lowest BCUT2D eigenvalue weighted by Crippen LogP contribution is -2.28. The second-order valence-corrected chi connectivity index (χ2v) is 9.97. The molecular weight excluding hydrogens is 456 g/mol. The van der Waals surface area contributed by atoms with E-state index in [0.717, 1.165) is 16.0 Å². The van der Waals surface area contributed by atoms with Gasteiger partial charge in [-0.25, -0.2) is 4.98 Å². The second-order valence-electron chi connectivity index (χ2n) is 8.17. The van der Waals surface area contributed by atoms with Gasteiger partial charge in [-0.3, -0.25) is 19.0 Å². The Hall–Kier alpha value is -3.30. The van der Waals surface area contributed by atoms with Crippen molar-refractivity contribution in [2.75, 3.05) is 11.9 Å². The van der Waals surface area contributed by atoms with Crippen molar-refractivity contribution in [3.05, 3.63) is 68.9 Å². The molecule has 2 amide bonds. The van der Waals surface area contributed by atoms with E-state index in [4.69, 9.17) is 0 Å². The molecule has 0 unspecified atom stereocenters. The summed E-state index contributed by atoms with van der Waals surface area (Å²) in [7, 11) is 0. The number of carbonyl (C=O) groups is 2. The molecule has 0 fully saturated rings. The summed E-state index contributed by atoms with van der Waals surface area (Å²) in [6.45, 7) is 6.33. The molecule has 0 saturated heterocycles. The quantitative estimate of drug-likeness (QED) is 0.407. The van der Waals surface area contributed by atoms with Gasteiger partial charge in [-0.1, -0.05) is 19.9 Å². The molecule has 7 nitrogen and oxygen atoms in total. The Balaban J connectivity index is 1.50. The number of carbonyl (C=O) groups excluding carboxylic acids is 2. The number of benzene rings is 1. The largest absolute Gasteiger partial charge is 0.352 e. The maximum atomic E-state index is 13.1. The van der Waals surface area contributed by atoms with Crippen LogP contribution in [0.5, 0.6) is 0 Å². The number of aromatic nitrogens is 2. The Morgan fingerprint density at radius 1 is 1.18 bits per heavy atom. The van der Waals surface area contributed by atoms with Crippen molar-refractivity contribution >= 4 is 50.4 Å². The number of hydrogen-bond acceptors (Lipinski definition) is 6. The molecule has 0 saturated carbocycles. The van der Waals surface area contributed by atoms with Crippen LogP contribution in [0.15, 0.2) is 52.2 Å². The Bertz CT molecular complexity index is 1370. The van der Waals surface area contributed by atoms with Crippen molar-refractivity contribution in [1.29, 1.82) is 0 Å². The minimum Gasteiger partial charge on any atom is -0.352 e. The van der Waals surface area contributed by atoms with Crippen LogP contribution in [-0.2, 0) is 11.3 Å². The van der Waals surface area contributed by atoms with Gasteiger partial charge in [-0.05, 0) is 48.1 Å². The number of rotatable bonds is 7. The highest BCUT2D eigenvalue weighted by atomic mass is 32.1. The first-order valence-corrected chi connectivity index (χ1v) is 12.3. The fraction of sp³-hybridized carbons (Fsp3) is 0.250. The molecule has 0 radical (unpaired) electrons. The van der Waals surface area contributed by atoms with Gasteiger partial charge in [-0.15, -0.1) is 22.7 Å². The lowest BCUT2D eigenvalue weighted by Gasteiger charge is -2.12. The van der Waals surface area contributed by atoms with Crippen LogP contribution in [-0.4, -0.2) is 27.9 Å². The molecule has 1 aromatic carbocycles. The summed E-state index contributed by atoms with van der Waals surface area (Å²) in [6, 6.07) is 9.02. The number of anilines is 1. The molecule has 0 atom stereocenters. The van der Waals surface area contributed by atoms with E-state index in [1.54, 1.807) is 29.5 Å². The zero-order chi connectivity index (χ0) is 23.5. The monoisotopic (exact) mass is 480 g/mol. The SMILES string of the molecule is Cc1cc(C(=O)NCC(C)C)ccc1NC(=O)Cn1cnc2scc(-c3cccs3)c2c1=O. The summed E-state index contributed by atoms with van der Waals surface area (Å²) in [5.74, 6) is -0.125. The van der Waals surface area contributed by atoms with Crippen molar-refractivity contribution in [1.82, 2.24) is 14.9 Å². The summed E-state index contributed by atoms with van der Waals surface area (Å²) < 4.78 is 1.32. The predicted molar refractivity (Wildman–Crippen MR) is 134 cm³/mol. The van der Waals surface area contributed by atoms with E-state index in [2.05, 4.69) is 15.6 Å². The fourth-order valence-corrected chi connectivity index (χ4v) is 5.10. The zero-order valence-corrected chi connectivity index (χ0v) is 20.2. The summed E-state index contributed by atoms with van der Waals surface area (Å²) in [6.07, 6.45) is 1.41. The molecule has 3 heterocycles. The topological polar surface area (TPSA) is 93.1 Å². The molecule has 9 heteroatoms. The summed E-state index contributed by atoms with van der Waals surface area (Å²) in [5.41, 5.74) is 2.50. The normalized spacial score (nSPS) is 11.2. The van der Waals surface area contributed by atoms with Gasteiger partial charge in [0.1, 0.15) is 11.4 Å². The highest BCUT2D eigenvalue weighted by Gasteiger charge is 2.16. The van der Waals surface area contributed by atoms with Crippen molar-refractivity contribution in [3.8, 4) is 10.4 Å². The molecule has 33 heavy (non-hydrogen) atoms. The van der Waals surface area contributed by atoms with Gasteiger partial charge in [0.2, 0.25) is 5.91 Å². The van der Waals surface area contributed by atoms with E-state index in [1.165, 1.54) is 22.2 Å². The predicted octanol–water partition coefficient (Wildman–Crippen LogP) is 4.52. The average Bonchev–Trinajstić information content (AvgIpc) is 3.45. The van der Waals surface area contributed by atoms with Crippen LogP contribution < -0.4 is 16.2 Å². The van der Waals surface area contributed by atoms with Crippen LogP contribution in [0.2, 0.25) is 0 Å². The van der Waals surface area contributed by atoms with Crippen LogP contribution in [0.3, 0.4) is 0 Å². The van der Waals surface area contributed by atoms with Gasteiger partial charge in [-0.2, -0.15) is 0 Å². The van der Waals surface area contributed by atoms with Crippen molar-refractivity contribution in [2.45, 2.75) is 27.3 Å². The molecule has 0 aliphatic rings. The van der Waals surface area contributed by atoms with Gasteiger partial charge < -0.3 is 10.6 Å². The number of nitrogens with zero attached hydrogens (tertiary/aromatic N) is 2.